The molecule has 2 rings (SSSR count). The minimum Gasteiger partial charge on any atom is -0.438 e. The van der Waals surface area contributed by atoms with Crippen molar-refractivity contribution < 1.29 is 22.4 Å². The quantitative estimate of drug-likeness (QED) is 0.843. The van der Waals surface area contributed by atoms with Crippen LogP contribution in [0.4, 0.5) is 0 Å². The van der Waals surface area contributed by atoms with Crippen molar-refractivity contribution in [1.82, 2.24) is 9.62 Å². The van der Waals surface area contributed by atoms with Crippen molar-refractivity contribution in [3.63, 3.8) is 0 Å². The van der Waals surface area contributed by atoms with E-state index in [4.69, 9.17) is 9.15 Å². The van der Waals surface area contributed by atoms with Crippen LogP contribution in [-0.4, -0.2) is 51.5 Å². The van der Waals surface area contributed by atoms with Gasteiger partial charge in [0.05, 0.1) is 13.2 Å². The van der Waals surface area contributed by atoms with E-state index in [9.17, 15) is 13.2 Å². The fraction of sp³-hybridized carbons (Fsp3) is 0.643. The molecule has 124 valence electrons. The molecule has 1 aromatic heterocycles. The van der Waals surface area contributed by atoms with Crippen molar-refractivity contribution in [1.29, 1.82) is 0 Å². The van der Waals surface area contributed by atoms with E-state index in [1.54, 1.807) is 0 Å². The van der Waals surface area contributed by atoms with Gasteiger partial charge in [0.1, 0.15) is 0 Å². The molecule has 0 bridgehead atoms. The van der Waals surface area contributed by atoms with Crippen LogP contribution in [0.3, 0.4) is 0 Å². The number of ether oxygens (including phenoxy) is 1. The summed E-state index contributed by atoms with van der Waals surface area (Å²) in [6.07, 6.45) is 0.853. The normalized spacial score (nSPS) is 16.9. The van der Waals surface area contributed by atoms with Gasteiger partial charge >= 0.3 is 0 Å². The number of hydrogen-bond acceptors (Lipinski definition) is 5. The molecule has 1 aromatic rings. The zero-order valence-corrected chi connectivity index (χ0v) is 13.7. The third kappa shape index (κ3) is 4.08. The largest absolute Gasteiger partial charge is 0.438 e. The van der Waals surface area contributed by atoms with Crippen LogP contribution in [0.1, 0.15) is 30.8 Å². The maximum atomic E-state index is 12.4. The summed E-state index contributed by atoms with van der Waals surface area (Å²) in [5.74, 6) is 0.0915. The topological polar surface area (TPSA) is 88.9 Å². The van der Waals surface area contributed by atoms with Crippen LogP contribution in [0.25, 0.3) is 0 Å². The Morgan fingerprint density at radius 1 is 1.32 bits per heavy atom. The molecule has 1 N–H and O–H groups in total. The molecular formula is C14H22N2O5S. The van der Waals surface area contributed by atoms with E-state index in [1.165, 1.54) is 16.4 Å². The summed E-state index contributed by atoms with van der Waals surface area (Å²) in [5.41, 5.74) is 0. The van der Waals surface area contributed by atoms with Crippen LogP contribution in [0.5, 0.6) is 0 Å². The molecule has 0 unspecified atom stereocenters. The van der Waals surface area contributed by atoms with Crippen LogP contribution < -0.4 is 5.32 Å². The van der Waals surface area contributed by atoms with Crippen molar-refractivity contribution in [2.45, 2.75) is 25.4 Å². The zero-order chi connectivity index (χ0) is 16.2. The third-order valence-electron chi connectivity index (χ3n) is 3.38. The van der Waals surface area contributed by atoms with Gasteiger partial charge in [-0.3, -0.25) is 4.79 Å². The summed E-state index contributed by atoms with van der Waals surface area (Å²) in [6, 6.07) is 2.71. The zero-order valence-electron chi connectivity index (χ0n) is 12.9. The number of nitrogens with one attached hydrogen (secondary N) is 1. The summed E-state index contributed by atoms with van der Waals surface area (Å²) >= 11 is 0. The Morgan fingerprint density at radius 3 is 2.64 bits per heavy atom. The standard InChI is InChI=1S/C14H22N2O5S/c1-11(2)5-6-15-14(17)12-3-4-13(21-12)22(18,19)16-7-9-20-10-8-16/h3-4,11H,5-10H2,1-2H3,(H,15,17). The molecule has 7 nitrogen and oxygen atoms in total. The second kappa shape index (κ2) is 7.26. The van der Waals surface area contributed by atoms with E-state index in [0.717, 1.165) is 6.42 Å². The van der Waals surface area contributed by atoms with Crippen LogP contribution >= 0.6 is 0 Å². The molecule has 22 heavy (non-hydrogen) atoms. The van der Waals surface area contributed by atoms with E-state index in [1.807, 2.05) is 0 Å². The number of carbonyl (C=O) groups excluding carboxylic acids is 1. The predicted molar refractivity (Wildman–Crippen MR) is 80.1 cm³/mol. The SMILES string of the molecule is CC(C)CCNC(=O)c1ccc(S(=O)(=O)N2CCOCC2)o1. The lowest BCUT2D eigenvalue weighted by Crippen LogP contribution is -2.40. The Balaban J connectivity index is 2.02. The van der Waals surface area contributed by atoms with Crippen LogP contribution in [0, 0.1) is 5.92 Å². The Morgan fingerprint density at radius 2 is 2.00 bits per heavy atom. The van der Waals surface area contributed by atoms with Gasteiger partial charge in [-0.05, 0) is 24.5 Å². The van der Waals surface area contributed by atoms with Crippen molar-refractivity contribution >= 4 is 15.9 Å². The Kier molecular flexibility index (Phi) is 5.60. The number of sulfonamides is 1. The number of furan rings is 1. The first-order chi connectivity index (χ1) is 10.4. The second-order valence-corrected chi connectivity index (χ2v) is 7.44. The second-order valence-electron chi connectivity index (χ2n) is 5.57. The highest BCUT2D eigenvalue weighted by Gasteiger charge is 2.29. The van der Waals surface area contributed by atoms with Crippen LogP contribution in [0.15, 0.2) is 21.6 Å². The summed E-state index contributed by atoms with van der Waals surface area (Å²) in [4.78, 5) is 11.9. The minimum absolute atomic E-state index is 0.00981. The maximum absolute atomic E-state index is 12.4. The molecule has 0 aromatic carbocycles. The molecule has 0 spiro atoms. The smallest absolute Gasteiger partial charge is 0.287 e. The lowest BCUT2D eigenvalue weighted by atomic mass is 10.1. The average Bonchev–Trinajstić information content (AvgIpc) is 2.98. The van der Waals surface area contributed by atoms with Crippen LogP contribution in [-0.2, 0) is 14.8 Å². The van der Waals surface area contributed by atoms with Gasteiger partial charge in [0.25, 0.3) is 15.9 Å². The molecule has 1 fully saturated rings. The molecule has 1 aliphatic heterocycles. The molecule has 0 aliphatic carbocycles. The first-order valence-electron chi connectivity index (χ1n) is 7.37. The first-order valence-corrected chi connectivity index (χ1v) is 8.81. The molecule has 0 radical (unpaired) electrons. The molecule has 8 heteroatoms. The maximum Gasteiger partial charge on any atom is 0.287 e. The fourth-order valence-electron chi connectivity index (χ4n) is 2.06. The minimum atomic E-state index is -3.70. The molecule has 0 atom stereocenters. The Labute approximate surface area is 130 Å². The number of morpholine rings is 1. The van der Waals surface area contributed by atoms with E-state index >= 15 is 0 Å². The lowest BCUT2D eigenvalue weighted by molar-refractivity contribution is 0.0722. The van der Waals surface area contributed by atoms with Crippen molar-refractivity contribution in [2.75, 3.05) is 32.8 Å². The van der Waals surface area contributed by atoms with E-state index in [-0.39, 0.29) is 10.9 Å². The van der Waals surface area contributed by atoms with E-state index < -0.39 is 15.9 Å². The predicted octanol–water partition coefficient (Wildman–Crippen LogP) is 1.08. The highest BCUT2D eigenvalue weighted by molar-refractivity contribution is 7.89. The number of hydrogen-bond donors (Lipinski definition) is 1. The number of carbonyl (C=O) groups is 1. The van der Waals surface area contributed by atoms with Gasteiger partial charge < -0.3 is 14.5 Å². The summed E-state index contributed by atoms with van der Waals surface area (Å²) in [6.45, 7) is 5.96. The van der Waals surface area contributed by atoms with Crippen molar-refractivity contribution in [3.8, 4) is 0 Å². The monoisotopic (exact) mass is 330 g/mol. The van der Waals surface area contributed by atoms with Crippen LogP contribution in [0.2, 0.25) is 0 Å². The molecular weight excluding hydrogens is 308 g/mol. The van der Waals surface area contributed by atoms with Gasteiger partial charge in [0.2, 0.25) is 5.09 Å². The molecule has 2 heterocycles. The highest BCUT2D eigenvalue weighted by atomic mass is 32.2. The Bertz CT molecular complexity index is 603. The van der Waals surface area contributed by atoms with E-state index in [0.29, 0.717) is 38.8 Å². The van der Waals surface area contributed by atoms with Gasteiger partial charge in [-0.25, -0.2) is 8.42 Å². The lowest BCUT2D eigenvalue weighted by Gasteiger charge is -2.24. The average molecular weight is 330 g/mol. The highest BCUT2D eigenvalue weighted by Crippen LogP contribution is 2.19. The number of rotatable bonds is 6. The van der Waals surface area contributed by atoms with Gasteiger partial charge in [-0.1, -0.05) is 13.8 Å². The molecule has 0 saturated carbocycles. The Hall–Kier alpha value is -1.38. The first kappa shape index (κ1) is 17.0. The van der Waals surface area contributed by atoms with E-state index in [2.05, 4.69) is 19.2 Å². The van der Waals surface area contributed by atoms with Gasteiger partial charge in [0, 0.05) is 19.6 Å². The summed E-state index contributed by atoms with van der Waals surface area (Å²) in [5, 5.41) is 2.51. The summed E-state index contributed by atoms with van der Waals surface area (Å²) in [7, 11) is -3.70. The number of amides is 1. The molecule has 1 saturated heterocycles. The molecule has 1 aliphatic rings. The third-order valence-corrected chi connectivity index (χ3v) is 5.15. The summed E-state index contributed by atoms with van der Waals surface area (Å²) < 4.78 is 36.4. The molecule has 1 amide bonds. The van der Waals surface area contributed by atoms with Gasteiger partial charge in [-0.15, -0.1) is 0 Å². The van der Waals surface area contributed by atoms with Crippen molar-refractivity contribution in [3.05, 3.63) is 17.9 Å². The van der Waals surface area contributed by atoms with Crippen molar-refractivity contribution in [2.24, 2.45) is 5.92 Å². The number of nitrogens with zero attached hydrogens (tertiary/aromatic N) is 1. The van der Waals surface area contributed by atoms with Gasteiger partial charge in [-0.2, -0.15) is 4.31 Å². The fourth-order valence-corrected chi connectivity index (χ4v) is 3.38. The van der Waals surface area contributed by atoms with Gasteiger partial charge in [0.15, 0.2) is 5.76 Å².